The van der Waals surface area contributed by atoms with E-state index in [2.05, 4.69) is 16.3 Å². The lowest BCUT2D eigenvalue weighted by molar-refractivity contribution is -0.122. The lowest BCUT2D eigenvalue weighted by atomic mass is 10.2. The Bertz CT molecular complexity index is 595. The standard InChI is InChI=1S/C17H21N3O3/c18-8-3-9-20(13-6-7-13)11-17(21)19-10-14-12-22-15-4-1-2-5-16(15)23-14/h1-2,4-5,13-14H,3,6-7,9-12H2,(H,19,21). The number of nitrogens with zero attached hydrogens (tertiary/aromatic N) is 2. The molecule has 1 saturated carbocycles. The van der Waals surface area contributed by atoms with E-state index in [1.165, 1.54) is 0 Å². The number of carbonyl (C=O) groups is 1. The van der Waals surface area contributed by atoms with Gasteiger partial charge in [0.25, 0.3) is 0 Å². The van der Waals surface area contributed by atoms with E-state index in [1.807, 2.05) is 24.3 Å². The lowest BCUT2D eigenvalue weighted by Gasteiger charge is -2.27. The van der Waals surface area contributed by atoms with E-state index >= 15 is 0 Å². The Morgan fingerprint density at radius 3 is 2.87 bits per heavy atom. The molecule has 122 valence electrons. The fourth-order valence-corrected chi connectivity index (χ4v) is 2.66. The van der Waals surface area contributed by atoms with Gasteiger partial charge in [0.05, 0.1) is 19.2 Å². The van der Waals surface area contributed by atoms with Gasteiger partial charge in [0.2, 0.25) is 5.91 Å². The van der Waals surface area contributed by atoms with Gasteiger partial charge in [-0.1, -0.05) is 12.1 Å². The summed E-state index contributed by atoms with van der Waals surface area (Å²) in [6.45, 7) is 1.85. The van der Waals surface area contributed by atoms with Crippen molar-refractivity contribution in [3.05, 3.63) is 24.3 Å². The van der Waals surface area contributed by atoms with Crippen LogP contribution in [-0.4, -0.2) is 49.2 Å². The molecule has 0 bridgehead atoms. The maximum atomic E-state index is 12.1. The van der Waals surface area contributed by atoms with Crippen LogP contribution in [0.5, 0.6) is 11.5 Å². The van der Waals surface area contributed by atoms with Gasteiger partial charge < -0.3 is 14.8 Å². The molecule has 0 radical (unpaired) electrons. The Morgan fingerprint density at radius 1 is 1.35 bits per heavy atom. The highest BCUT2D eigenvalue weighted by Crippen LogP contribution is 2.30. The minimum absolute atomic E-state index is 0.0303. The first kappa shape index (κ1) is 15.6. The van der Waals surface area contributed by atoms with Crippen LogP contribution in [-0.2, 0) is 4.79 Å². The summed E-state index contributed by atoms with van der Waals surface area (Å²) >= 11 is 0. The largest absolute Gasteiger partial charge is 0.486 e. The summed E-state index contributed by atoms with van der Waals surface area (Å²) in [6.07, 6.45) is 2.52. The minimum Gasteiger partial charge on any atom is -0.486 e. The number of carbonyl (C=O) groups excluding carboxylic acids is 1. The average Bonchev–Trinajstić information content (AvgIpc) is 3.41. The molecule has 6 heteroatoms. The van der Waals surface area contributed by atoms with Crippen LogP contribution in [0.2, 0.25) is 0 Å². The van der Waals surface area contributed by atoms with Crippen LogP contribution < -0.4 is 14.8 Å². The van der Waals surface area contributed by atoms with Crippen molar-refractivity contribution in [1.82, 2.24) is 10.2 Å². The van der Waals surface area contributed by atoms with Crippen LogP contribution >= 0.6 is 0 Å². The predicted molar refractivity (Wildman–Crippen MR) is 84.2 cm³/mol. The number of rotatable bonds is 7. The van der Waals surface area contributed by atoms with Gasteiger partial charge in [0, 0.05) is 19.0 Å². The number of ether oxygens (including phenoxy) is 2. The highest BCUT2D eigenvalue weighted by Gasteiger charge is 2.30. The molecule has 1 aliphatic heterocycles. The zero-order valence-corrected chi connectivity index (χ0v) is 13.0. The quantitative estimate of drug-likeness (QED) is 0.821. The molecule has 0 aromatic heterocycles. The van der Waals surface area contributed by atoms with Crippen molar-refractivity contribution in [1.29, 1.82) is 5.26 Å². The van der Waals surface area contributed by atoms with Gasteiger partial charge in [-0.15, -0.1) is 0 Å². The van der Waals surface area contributed by atoms with Crippen molar-refractivity contribution in [3.8, 4) is 17.6 Å². The summed E-state index contributed by atoms with van der Waals surface area (Å²) in [7, 11) is 0. The molecule has 1 N–H and O–H groups in total. The fraction of sp³-hybridized carbons (Fsp3) is 0.529. The normalized spacial score (nSPS) is 19.2. The number of para-hydroxylation sites is 2. The van der Waals surface area contributed by atoms with Crippen molar-refractivity contribution < 1.29 is 14.3 Å². The molecule has 6 nitrogen and oxygen atoms in total. The van der Waals surface area contributed by atoms with Gasteiger partial charge in [-0.05, 0) is 25.0 Å². The van der Waals surface area contributed by atoms with E-state index in [0.29, 0.717) is 44.5 Å². The van der Waals surface area contributed by atoms with Crippen LogP contribution in [0.25, 0.3) is 0 Å². The monoisotopic (exact) mass is 315 g/mol. The Labute approximate surface area is 136 Å². The average molecular weight is 315 g/mol. The Morgan fingerprint density at radius 2 is 2.13 bits per heavy atom. The molecule has 1 amide bonds. The Hall–Kier alpha value is -2.26. The third kappa shape index (κ3) is 4.36. The van der Waals surface area contributed by atoms with Crippen LogP contribution in [0.3, 0.4) is 0 Å². The highest BCUT2D eigenvalue weighted by atomic mass is 16.6. The number of nitriles is 1. The Balaban J connectivity index is 1.43. The van der Waals surface area contributed by atoms with Crippen molar-refractivity contribution in [3.63, 3.8) is 0 Å². The second-order valence-electron chi connectivity index (χ2n) is 5.91. The van der Waals surface area contributed by atoms with E-state index in [0.717, 1.165) is 18.6 Å². The molecule has 0 spiro atoms. The number of nitrogens with one attached hydrogen (secondary N) is 1. The van der Waals surface area contributed by atoms with Crippen LogP contribution in [0.4, 0.5) is 0 Å². The first-order valence-electron chi connectivity index (χ1n) is 8.02. The van der Waals surface area contributed by atoms with Crippen LogP contribution in [0, 0.1) is 11.3 Å². The number of benzene rings is 1. The molecular weight excluding hydrogens is 294 g/mol. The number of hydrogen-bond acceptors (Lipinski definition) is 5. The zero-order chi connectivity index (χ0) is 16.1. The second-order valence-corrected chi connectivity index (χ2v) is 5.91. The molecule has 3 rings (SSSR count). The number of hydrogen-bond donors (Lipinski definition) is 1. The van der Waals surface area contributed by atoms with Crippen LogP contribution in [0.15, 0.2) is 24.3 Å². The van der Waals surface area contributed by atoms with Crippen molar-refractivity contribution >= 4 is 5.91 Å². The molecule has 1 aromatic carbocycles. The second kappa shape index (κ2) is 7.34. The first-order valence-corrected chi connectivity index (χ1v) is 8.02. The van der Waals surface area contributed by atoms with Gasteiger partial charge in [0.1, 0.15) is 12.7 Å². The third-order valence-electron chi connectivity index (χ3n) is 4.02. The maximum absolute atomic E-state index is 12.1. The summed E-state index contributed by atoms with van der Waals surface area (Å²) in [6, 6.07) is 10.1. The molecule has 2 aliphatic rings. The summed E-state index contributed by atoms with van der Waals surface area (Å²) < 4.78 is 11.4. The van der Waals surface area contributed by atoms with E-state index in [4.69, 9.17) is 14.7 Å². The van der Waals surface area contributed by atoms with Gasteiger partial charge in [-0.25, -0.2) is 0 Å². The predicted octanol–water partition coefficient (Wildman–Crippen LogP) is 1.32. The van der Waals surface area contributed by atoms with Gasteiger partial charge >= 0.3 is 0 Å². The SMILES string of the molecule is N#CCCN(CC(=O)NCC1COc2ccccc2O1)C1CC1. The summed E-state index contributed by atoms with van der Waals surface area (Å²) in [5.74, 6) is 1.43. The van der Waals surface area contributed by atoms with Gasteiger partial charge in [-0.3, -0.25) is 9.69 Å². The van der Waals surface area contributed by atoms with Crippen molar-refractivity contribution in [2.75, 3.05) is 26.2 Å². The van der Waals surface area contributed by atoms with E-state index in [1.54, 1.807) is 0 Å². The maximum Gasteiger partial charge on any atom is 0.234 e. The minimum atomic E-state index is -0.178. The van der Waals surface area contributed by atoms with Crippen molar-refractivity contribution in [2.24, 2.45) is 0 Å². The van der Waals surface area contributed by atoms with E-state index in [9.17, 15) is 4.79 Å². The van der Waals surface area contributed by atoms with Crippen LogP contribution in [0.1, 0.15) is 19.3 Å². The zero-order valence-electron chi connectivity index (χ0n) is 13.0. The van der Waals surface area contributed by atoms with E-state index < -0.39 is 0 Å². The molecule has 1 atom stereocenters. The molecule has 1 heterocycles. The summed E-state index contributed by atoms with van der Waals surface area (Å²) in [5, 5.41) is 11.6. The topological polar surface area (TPSA) is 74.6 Å². The van der Waals surface area contributed by atoms with Gasteiger partial charge in [-0.2, -0.15) is 5.26 Å². The smallest absolute Gasteiger partial charge is 0.234 e. The summed E-state index contributed by atoms with van der Waals surface area (Å²) in [4.78, 5) is 14.2. The van der Waals surface area contributed by atoms with E-state index in [-0.39, 0.29) is 12.0 Å². The summed E-state index contributed by atoms with van der Waals surface area (Å²) in [5.41, 5.74) is 0. The molecule has 1 aliphatic carbocycles. The highest BCUT2D eigenvalue weighted by molar-refractivity contribution is 5.78. The molecule has 0 saturated heterocycles. The van der Waals surface area contributed by atoms with Crippen molar-refractivity contribution in [2.45, 2.75) is 31.4 Å². The van der Waals surface area contributed by atoms with Gasteiger partial charge in [0.15, 0.2) is 11.5 Å². The number of fused-ring (bicyclic) bond motifs is 1. The first-order chi connectivity index (χ1) is 11.3. The molecule has 1 aromatic rings. The lowest BCUT2D eigenvalue weighted by Crippen LogP contribution is -2.44. The molecule has 1 fully saturated rings. The molecule has 23 heavy (non-hydrogen) atoms. The fourth-order valence-electron chi connectivity index (χ4n) is 2.66. The third-order valence-corrected chi connectivity index (χ3v) is 4.02. The molecular formula is C17H21N3O3. The number of amides is 1. The molecule has 1 unspecified atom stereocenters. The Kier molecular flexibility index (Phi) is 4.99.